The van der Waals surface area contributed by atoms with Crippen LogP contribution >= 0.6 is 0 Å². The van der Waals surface area contributed by atoms with Crippen molar-refractivity contribution < 1.29 is 23.8 Å². The molecule has 0 N–H and O–H groups in total. The average Bonchev–Trinajstić information content (AvgIpc) is 3.01. The Kier molecular flexibility index (Phi) is 6.21. The Labute approximate surface area is 129 Å². The maximum atomic E-state index is 12.0. The summed E-state index contributed by atoms with van der Waals surface area (Å²) in [4.78, 5) is 24.8. The molecule has 0 saturated carbocycles. The molecule has 0 radical (unpaired) electrons. The monoisotopic (exact) mass is 307 g/mol. The van der Waals surface area contributed by atoms with Crippen LogP contribution < -0.4 is 0 Å². The summed E-state index contributed by atoms with van der Waals surface area (Å²) < 4.78 is 15.5. The van der Waals surface area contributed by atoms with Gasteiger partial charge in [0.1, 0.15) is 13.2 Å². The van der Waals surface area contributed by atoms with Crippen molar-refractivity contribution in [2.75, 3.05) is 26.3 Å². The molecule has 1 saturated heterocycles. The predicted octanol–water partition coefficient (Wildman–Crippen LogP) is 1.98. The summed E-state index contributed by atoms with van der Waals surface area (Å²) >= 11 is 0. The van der Waals surface area contributed by atoms with Crippen LogP contribution in [0.15, 0.2) is 30.3 Å². The normalized spacial score (nSPS) is 17.3. The van der Waals surface area contributed by atoms with Gasteiger partial charge >= 0.3 is 12.1 Å². The molecule has 1 heterocycles. The highest BCUT2D eigenvalue weighted by Gasteiger charge is 2.28. The van der Waals surface area contributed by atoms with Crippen LogP contribution in [0.5, 0.6) is 0 Å². The molecule has 1 atom stereocenters. The first-order chi connectivity index (χ1) is 10.7. The lowest BCUT2D eigenvalue weighted by Crippen LogP contribution is -2.31. The number of carbonyl (C=O) groups is 2. The van der Waals surface area contributed by atoms with E-state index in [2.05, 4.69) is 0 Å². The second-order valence-electron chi connectivity index (χ2n) is 5.01. The van der Waals surface area contributed by atoms with E-state index in [1.807, 2.05) is 30.3 Å². The smallest absolute Gasteiger partial charge is 0.410 e. The molecule has 0 aromatic heterocycles. The van der Waals surface area contributed by atoms with Gasteiger partial charge in [-0.2, -0.15) is 0 Å². The molecule has 1 amide bonds. The summed E-state index contributed by atoms with van der Waals surface area (Å²) in [5, 5.41) is 0. The second-order valence-corrected chi connectivity index (χ2v) is 5.01. The van der Waals surface area contributed by atoms with E-state index in [-0.39, 0.29) is 31.4 Å². The van der Waals surface area contributed by atoms with E-state index in [1.54, 1.807) is 11.8 Å². The van der Waals surface area contributed by atoms with Crippen LogP contribution in [-0.4, -0.2) is 49.4 Å². The molecular weight excluding hydrogens is 286 g/mol. The van der Waals surface area contributed by atoms with Gasteiger partial charge in [0, 0.05) is 6.54 Å². The lowest BCUT2D eigenvalue weighted by molar-refractivity contribution is -0.150. The van der Waals surface area contributed by atoms with Crippen LogP contribution in [0.1, 0.15) is 18.9 Å². The van der Waals surface area contributed by atoms with Crippen molar-refractivity contribution in [2.24, 2.45) is 0 Å². The quantitative estimate of drug-likeness (QED) is 0.752. The highest BCUT2D eigenvalue weighted by atomic mass is 16.6. The summed E-state index contributed by atoms with van der Waals surface area (Å²) in [6, 6.07) is 9.53. The molecule has 0 aliphatic carbocycles. The van der Waals surface area contributed by atoms with Gasteiger partial charge in [-0.25, -0.2) is 9.59 Å². The molecule has 0 unspecified atom stereocenters. The summed E-state index contributed by atoms with van der Waals surface area (Å²) in [5.74, 6) is -0.382. The molecule has 6 nitrogen and oxygen atoms in total. The molecular formula is C16H21NO5. The minimum Gasteiger partial charge on any atom is -0.464 e. The minimum atomic E-state index is -0.382. The van der Waals surface area contributed by atoms with Crippen molar-refractivity contribution in [1.82, 2.24) is 4.90 Å². The summed E-state index contributed by atoms with van der Waals surface area (Å²) in [5.41, 5.74) is 0.949. The van der Waals surface area contributed by atoms with Gasteiger partial charge in [0.15, 0.2) is 0 Å². The Morgan fingerprint density at radius 1 is 1.23 bits per heavy atom. The molecule has 1 aliphatic rings. The Bertz CT molecular complexity index is 491. The van der Waals surface area contributed by atoms with Gasteiger partial charge in [0.05, 0.1) is 19.3 Å². The maximum absolute atomic E-state index is 12.0. The van der Waals surface area contributed by atoms with Crippen molar-refractivity contribution in [3.63, 3.8) is 0 Å². The number of benzene rings is 1. The van der Waals surface area contributed by atoms with Crippen LogP contribution in [0.2, 0.25) is 0 Å². The van der Waals surface area contributed by atoms with Crippen LogP contribution in [0.4, 0.5) is 4.79 Å². The molecule has 6 heteroatoms. The van der Waals surface area contributed by atoms with Crippen molar-refractivity contribution >= 4 is 12.1 Å². The van der Waals surface area contributed by atoms with Crippen molar-refractivity contribution in [3.05, 3.63) is 35.9 Å². The second kappa shape index (κ2) is 8.38. The van der Waals surface area contributed by atoms with E-state index in [4.69, 9.17) is 14.2 Å². The van der Waals surface area contributed by atoms with Crippen LogP contribution in [-0.2, 0) is 25.6 Å². The number of amides is 1. The zero-order chi connectivity index (χ0) is 15.8. The number of ether oxygens (including phenoxy) is 3. The lowest BCUT2D eigenvalue weighted by Gasteiger charge is -2.16. The average molecular weight is 307 g/mol. The first-order valence-electron chi connectivity index (χ1n) is 7.42. The van der Waals surface area contributed by atoms with Crippen molar-refractivity contribution in [3.8, 4) is 0 Å². The van der Waals surface area contributed by atoms with Gasteiger partial charge in [-0.05, 0) is 18.9 Å². The molecule has 22 heavy (non-hydrogen) atoms. The third-order valence-corrected chi connectivity index (χ3v) is 3.35. The van der Waals surface area contributed by atoms with E-state index in [9.17, 15) is 9.59 Å². The Hall–Kier alpha value is -2.08. The van der Waals surface area contributed by atoms with Gasteiger partial charge in [-0.1, -0.05) is 30.3 Å². The number of esters is 1. The largest absolute Gasteiger partial charge is 0.464 e. The Morgan fingerprint density at radius 3 is 2.73 bits per heavy atom. The first kappa shape index (κ1) is 16.3. The SMILES string of the molecule is CCOC(=O)CO[C@@H]1CCN(C(=O)OCc2ccccc2)C1. The number of likely N-dealkylation sites (tertiary alicyclic amines) is 1. The van der Waals surface area contributed by atoms with Crippen molar-refractivity contribution in [1.29, 1.82) is 0 Å². The van der Waals surface area contributed by atoms with E-state index in [1.165, 1.54) is 0 Å². The number of nitrogens with zero attached hydrogens (tertiary/aromatic N) is 1. The van der Waals surface area contributed by atoms with Crippen molar-refractivity contribution in [2.45, 2.75) is 26.1 Å². The number of hydrogen-bond acceptors (Lipinski definition) is 5. The van der Waals surface area contributed by atoms with Gasteiger partial charge < -0.3 is 19.1 Å². The summed E-state index contributed by atoms with van der Waals surface area (Å²) in [6.07, 6.45) is 0.194. The van der Waals surface area contributed by atoms with Gasteiger partial charge in [-0.15, -0.1) is 0 Å². The van der Waals surface area contributed by atoms with Gasteiger partial charge in [-0.3, -0.25) is 0 Å². The fourth-order valence-electron chi connectivity index (χ4n) is 2.23. The molecule has 1 aromatic rings. The first-order valence-corrected chi connectivity index (χ1v) is 7.42. The third kappa shape index (κ3) is 5.04. The van der Waals surface area contributed by atoms with Gasteiger partial charge in [0.2, 0.25) is 0 Å². The van der Waals surface area contributed by atoms with E-state index < -0.39 is 0 Å². The maximum Gasteiger partial charge on any atom is 0.410 e. The fourth-order valence-corrected chi connectivity index (χ4v) is 2.23. The fraction of sp³-hybridized carbons (Fsp3) is 0.500. The third-order valence-electron chi connectivity index (χ3n) is 3.35. The standard InChI is InChI=1S/C16H21NO5/c1-2-20-15(18)12-21-14-8-9-17(10-14)16(19)22-11-13-6-4-3-5-7-13/h3-7,14H,2,8-12H2,1H3/t14-/m1/s1. The van der Waals surface area contributed by atoms with E-state index in [0.717, 1.165) is 5.56 Å². The molecule has 1 fully saturated rings. The molecule has 1 aliphatic heterocycles. The van der Waals surface area contributed by atoms with Crippen LogP contribution in [0, 0.1) is 0 Å². The predicted molar refractivity (Wildman–Crippen MR) is 79.2 cm³/mol. The highest BCUT2D eigenvalue weighted by molar-refractivity contribution is 5.70. The lowest BCUT2D eigenvalue weighted by atomic mass is 10.2. The molecule has 1 aromatic carbocycles. The molecule has 0 bridgehead atoms. The zero-order valence-corrected chi connectivity index (χ0v) is 12.7. The van der Waals surface area contributed by atoms with Crippen LogP contribution in [0.3, 0.4) is 0 Å². The Balaban J connectivity index is 1.68. The molecule has 120 valence electrons. The van der Waals surface area contributed by atoms with E-state index in [0.29, 0.717) is 26.1 Å². The molecule has 2 rings (SSSR count). The Morgan fingerprint density at radius 2 is 2.00 bits per heavy atom. The highest BCUT2D eigenvalue weighted by Crippen LogP contribution is 2.14. The number of carbonyl (C=O) groups excluding carboxylic acids is 2. The number of hydrogen-bond donors (Lipinski definition) is 0. The molecule has 0 spiro atoms. The van der Waals surface area contributed by atoms with Crippen LogP contribution in [0.25, 0.3) is 0 Å². The zero-order valence-electron chi connectivity index (χ0n) is 12.7. The minimum absolute atomic E-state index is 0.0780. The summed E-state index contributed by atoms with van der Waals surface area (Å²) in [7, 11) is 0. The van der Waals surface area contributed by atoms with E-state index >= 15 is 0 Å². The van der Waals surface area contributed by atoms with Gasteiger partial charge in [0.25, 0.3) is 0 Å². The number of rotatable bonds is 6. The summed E-state index contributed by atoms with van der Waals surface area (Å²) in [6.45, 7) is 3.27. The topological polar surface area (TPSA) is 65.1 Å².